The number of nitrogens with one attached hydrogen (secondary N) is 1. The van der Waals surface area contributed by atoms with Gasteiger partial charge in [0, 0.05) is 6.07 Å². The third kappa shape index (κ3) is 4.12. The maximum atomic E-state index is 13.5. The van der Waals surface area contributed by atoms with Crippen molar-refractivity contribution in [3.8, 4) is 11.8 Å². The molecule has 0 saturated heterocycles. The molecule has 1 N–H and O–H groups in total. The van der Waals surface area contributed by atoms with Gasteiger partial charge < -0.3 is 4.74 Å². The van der Waals surface area contributed by atoms with Crippen molar-refractivity contribution in [2.45, 2.75) is 17.9 Å². The Kier molecular flexibility index (Phi) is 5.52. The third-order valence-corrected chi connectivity index (χ3v) is 4.57. The van der Waals surface area contributed by atoms with Gasteiger partial charge in [-0.1, -0.05) is 6.07 Å². The summed E-state index contributed by atoms with van der Waals surface area (Å²) in [7, 11) is -4.55. The van der Waals surface area contributed by atoms with E-state index in [9.17, 15) is 26.4 Å². The largest absolute Gasteiger partial charge is 0.481 e. The molecule has 2 rings (SSSR count). The van der Waals surface area contributed by atoms with Crippen LogP contribution in [-0.4, -0.2) is 20.4 Å². The molecule has 136 valence electrons. The normalized spacial score (nSPS) is 12.1. The van der Waals surface area contributed by atoms with Crippen molar-refractivity contribution in [2.75, 3.05) is 0 Å². The van der Waals surface area contributed by atoms with Crippen molar-refractivity contribution in [1.82, 2.24) is 4.72 Å². The van der Waals surface area contributed by atoms with Crippen LogP contribution in [0.25, 0.3) is 0 Å². The van der Waals surface area contributed by atoms with Gasteiger partial charge in [-0.15, -0.1) is 0 Å². The molecule has 2 aromatic carbocycles. The monoisotopic (exact) mass is 384 g/mol. The average molecular weight is 384 g/mol. The van der Waals surface area contributed by atoms with Gasteiger partial charge in [0.25, 0.3) is 15.9 Å². The van der Waals surface area contributed by atoms with E-state index in [1.54, 1.807) is 4.72 Å². The molecule has 0 fully saturated rings. The lowest BCUT2D eigenvalue weighted by Gasteiger charge is -2.15. The van der Waals surface area contributed by atoms with Gasteiger partial charge in [-0.3, -0.25) is 4.79 Å². The highest BCUT2D eigenvalue weighted by atomic mass is 32.2. The number of benzene rings is 2. The minimum atomic E-state index is -4.55. The predicted molar refractivity (Wildman–Crippen MR) is 82.9 cm³/mol. The Balaban J connectivity index is 2.19. The molecule has 0 unspecified atom stereocenters. The minimum absolute atomic E-state index is 0.201. The van der Waals surface area contributed by atoms with Gasteiger partial charge in [-0.05, 0) is 31.2 Å². The molecule has 0 aliphatic heterocycles. The third-order valence-electron chi connectivity index (χ3n) is 3.18. The number of hydrogen-bond donors (Lipinski definition) is 1. The molecule has 1 atom stereocenters. The lowest BCUT2D eigenvalue weighted by atomic mass is 10.2. The standard InChI is InChI=1S/C16H11F3N2O4S/c1-9(25-10-5-6-13(18)14(19)7-10)16(22)21-26(23,24)15-4-2-3-12(17)11(15)8-20/h2-7,9H,1H3,(H,21,22)/t9-/m0/s1. The highest BCUT2D eigenvalue weighted by Gasteiger charge is 2.26. The molecule has 1 amide bonds. The molecule has 0 aliphatic rings. The minimum Gasteiger partial charge on any atom is -0.481 e. The summed E-state index contributed by atoms with van der Waals surface area (Å²) in [4.78, 5) is 11.3. The number of hydrogen-bond acceptors (Lipinski definition) is 5. The zero-order valence-electron chi connectivity index (χ0n) is 13.2. The summed E-state index contributed by atoms with van der Waals surface area (Å²) in [5.41, 5.74) is -0.748. The van der Waals surface area contributed by atoms with Crippen LogP contribution in [0.15, 0.2) is 41.3 Å². The van der Waals surface area contributed by atoms with E-state index in [4.69, 9.17) is 10.00 Å². The van der Waals surface area contributed by atoms with Gasteiger partial charge >= 0.3 is 0 Å². The molecule has 26 heavy (non-hydrogen) atoms. The summed E-state index contributed by atoms with van der Waals surface area (Å²) in [5, 5.41) is 8.89. The first-order valence-electron chi connectivity index (χ1n) is 7.02. The first-order chi connectivity index (χ1) is 12.2. The van der Waals surface area contributed by atoms with E-state index in [2.05, 4.69) is 0 Å². The fourth-order valence-corrected chi connectivity index (χ4v) is 3.13. The summed E-state index contributed by atoms with van der Waals surface area (Å²) in [6, 6.07) is 6.85. The van der Waals surface area contributed by atoms with E-state index in [0.29, 0.717) is 6.07 Å². The molecule has 0 saturated carbocycles. The van der Waals surface area contributed by atoms with Gasteiger partial charge in [0.05, 0.1) is 0 Å². The average Bonchev–Trinajstić information content (AvgIpc) is 2.57. The van der Waals surface area contributed by atoms with E-state index in [1.807, 2.05) is 0 Å². The molecule has 6 nitrogen and oxygen atoms in total. The van der Waals surface area contributed by atoms with Crippen molar-refractivity contribution >= 4 is 15.9 Å². The molecule has 0 heterocycles. The van der Waals surface area contributed by atoms with Crippen molar-refractivity contribution in [3.05, 3.63) is 59.4 Å². The van der Waals surface area contributed by atoms with Crippen LogP contribution >= 0.6 is 0 Å². The second-order valence-corrected chi connectivity index (χ2v) is 6.68. The molecular formula is C16H11F3N2O4S. The SMILES string of the molecule is C[C@H](Oc1ccc(F)c(F)c1)C(=O)NS(=O)(=O)c1cccc(F)c1C#N. The molecule has 2 aromatic rings. The smallest absolute Gasteiger partial charge is 0.274 e. The molecule has 0 bridgehead atoms. The summed E-state index contributed by atoms with van der Waals surface area (Å²) in [6.45, 7) is 1.17. The summed E-state index contributed by atoms with van der Waals surface area (Å²) < 4.78 is 70.7. The second-order valence-electron chi connectivity index (χ2n) is 5.03. The maximum absolute atomic E-state index is 13.5. The fraction of sp³-hybridized carbons (Fsp3) is 0.125. The van der Waals surface area contributed by atoms with Crippen LogP contribution in [0.5, 0.6) is 5.75 Å². The van der Waals surface area contributed by atoms with Crippen molar-refractivity contribution < 1.29 is 31.1 Å². The van der Waals surface area contributed by atoms with Crippen LogP contribution in [0.3, 0.4) is 0 Å². The Morgan fingerprint density at radius 2 is 1.85 bits per heavy atom. The van der Waals surface area contributed by atoms with Crippen molar-refractivity contribution in [3.63, 3.8) is 0 Å². The van der Waals surface area contributed by atoms with Gasteiger partial charge in [0.15, 0.2) is 17.7 Å². The summed E-state index contributed by atoms with van der Waals surface area (Å²) >= 11 is 0. The highest BCUT2D eigenvalue weighted by Crippen LogP contribution is 2.19. The Hall–Kier alpha value is -3.06. The first kappa shape index (κ1) is 19.3. The van der Waals surface area contributed by atoms with Gasteiger partial charge in [0.1, 0.15) is 28.1 Å². The van der Waals surface area contributed by atoms with Crippen LogP contribution in [0.1, 0.15) is 12.5 Å². The zero-order chi connectivity index (χ0) is 19.5. The Morgan fingerprint density at radius 1 is 1.15 bits per heavy atom. The summed E-state index contributed by atoms with van der Waals surface area (Å²) in [5.74, 6) is -4.74. The maximum Gasteiger partial charge on any atom is 0.274 e. The number of rotatable bonds is 5. The zero-order valence-corrected chi connectivity index (χ0v) is 14.0. The number of halogens is 3. The summed E-state index contributed by atoms with van der Waals surface area (Å²) in [6.07, 6.45) is -1.41. The fourth-order valence-electron chi connectivity index (χ4n) is 1.91. The van der Waals surface area contributed by atoms with Gasteiger partial charge in [-0.2, -0.15) is 5.26 Å². The molecule has 0 radical (unpaired) electrons. The number of carbonyl (C=O) groups is 1. The molecule has 0 spiro atoms. The van der Waals surface area contributed by atoms with Crippen LogP contribution in [-0.2, 0) is 14.8 Å². The van der Waals surface area contributed by atoms with E-state index >= 15 is 0 Å². The van der Waals surface area contributed by atoms with Crippen molar-refractivity contribution in [2.24, 2.45) is 0 Å². The van der Waals surface area contributed by atoms with Crippen LogP contribution in [0, 0.1) is 28.8 Å². The Morgan fingerprint density at radius 3 is 2.46 bits per heavy atom. The number of nitriles is 1. The van der Waals surface area contributed by atoms with E-state index < -0.39 is 49.9 Å². The topological polar surface area (TPSA) is 96.3 Å². The van der Waals surface area contributed by atoms with Gasteiger partial charge in [-0.25, -0.2) is 26.3 Å². The quantitative estimate of drug-likeness (QED) is 0.853. The predicted octanol–water partition coefficient (Wildman–Crippen LogP) is 2.25. The van der Waals surface area contributed by atoms with Crippen molar-refractivity contribution in [1.29, 1.82) is 5.26 Å². The highest BCUT2D eigenvalue weighted by molar-refractivity contribution is 7.90. The first-order valence-corrected chi connectivity index (χ1v) is 8.51. The molecule has 10 heteroatoms. The Labute approximate surface area is 146 Å². The van der Waals surface area contributed by atoms with Crippen LogP contribution in [0.4, 0.5) is 13.2 Å². The van der Waals surface area contributed by atoms with Crippen LogP contribution in [0.2, 0.25) is 0 Å². The second kappa shape index (κ2) is 7.45. The number of amides is 1. The van der Waals surface area contributed by atoms with Gasteiger partial charge in [0.2, 0.25) is 0 Å². The van der Waals surface area contributed by atoms with Crippen LogP contribution < -0.4 is 9.46 Å². The molecule has 0 aromatic heterocycles. The molecular weight excluding hydrogens is 373 g/mol. The van der Waals surface area contributed by atoms with E-state index in [-0.39, 0.29) is 5.75 Å². The van der Waals surface area contributed by atoms with E-state index in [0.717, 1.165) is 30.3 Å². The number of sulfonamides is 1. The lowest BCUT2D eigenvalue weighted by Crippen LogP contribution is -2.40. The lowest BCUT2D eigenvalue weighted by molar-refractivity contribution is -0.125. The number of ether oxygens (including phenoxy) is 1. The molecule has 0 aliphatic carbocycles. The number of carbonyl (C=O) groups excluding carboxylic acids is 1. The number of nitrogens with zero attached hydrogens (tertiary/aromatic N) is 1. The Bertz CT molecular complexity index is 1000. The van der Waals surface area contributed by atoms with E-state index in [1.165, 1.54) is 13.0 Å².